The van der Waals surface area contributed by atoms with Crippen LogP contribution in [0, 0.1) is 5.41 Å². The van der Waals surface area contributed by atoms with Crippen LogP contribution >= 0.6 is 11.3 Å². The van der Waals surface area contributed by atoms with Crippen molar-refractivity contribution in [3.8, 4) is 0 Å². The normalized spacial score (nSPS) is 28.3. The molecule has 3 heterocycles. The Balaban J connectivity index is 1.55. The summed E-state index contributed by atoms with van der Waals surface area (Å²) in [5.41, 5.74) is -0.958. The van der Waals surface area contributed by atoms with Crippen LogP contribution in [0.2, 0.25) is 0 Å². The lowest BCUT2D eigenvalue weighted by Crippen LogP contribution is -2.54. The van der Waals surface area contributed by atoms with E-state index in [1.54, 1.807) is 0 Å². The van der Waals surface area contributed by atoms with Gasteiger partial charge in [0.1, 0.15) is 0 Å². The number of aliphatic hydroxyl groups is 1. The summed E-state index contributed by atoms with van der Waals surface area (Å²) in [6, 6.07) is 4.43. The quantitative estimate of drug-likeness (QED) is 0.761. The zero-order valence-corrected chi connectivity index (χ0v) is 16.6. The highest BCUT2D eigenvalue weighted by Crippen LogP contribution is 2.37. The lowest BCUT2D eigenvalue weighted by molar-refractivity contribution is -0.164. The average molecular weight is 381 g/mol. The predicted octanol–water partition coefficient (Wildman–Crippen LogP) is 3.17. The summed E-state index contributed by atoms with van der Waals surface area (Å²) in [5.74, 6) is -0.841. The minimum atomic E-state index is -0.958. The van der Waals surface area contributed by atoms with Gasteiger partial charge in [0, 0.05) is 29.4 Å². The molecule has 2 saturated heterocycles. The maximum Gasteiger partial charge on any atom is 0.312 e. The Morgan fingerprint density at radius 2 is 1.81 bits per heavy atom. The molecule has 3 rings (SSSR count). The average Bonchev–Trinajstić information content (AvgIpc) is 3.05. The standard InChI is InChI=1S/C20H32N2O3S/c1-2-8-20(19(24)25)9-12-22(15-18(20)23)14-17-7-6-16(26-17)13-21-10-4-3-5-11-21/h6-7,18,23H,2-5,8-15H2,1H3,(H,24,25)/t18-,20-/m0/s1. The first-order valence-electron chi connectivity index (χ1n) is 9.97. The van der Waals surface area contributed by atoms with Crippen molar-refractivity contribution < 1.29 is 15.0 Å². The second kappa shape index (κ2) is 8.83. The molecule has 2 fully saturated rings. The van der Waals surface area contributed by atoms with E-state index in [1.807, 2.05) is 18.3 Å². The van der Waals surface area contributed by atoms with Crippen molar-refractivity contribution in [1.29, 1.82) is 0 Å². The van der Waals surface area contributed by atoms with Gasteiger partial charge in [-0.1, -0.05) is 19.8 Å². The van der Waals surface area contributed by atoms with Gasteiger partial charge in [0.15, 0.2) is 0 Å². The molecule has 0 saturated carbocycles. The highest BCUT2D eigenvalue weighted by Gasteiger charge is 2.47. The number of piperidine rings is 2. The summed E-state index contributed by atoms with van der Waals surface area (Å²) >= 11 is 1.86. The molecule has 5 nitrogen and oxygen atoms in total. The number of aliphatic carboxylic acids is 1. The van der Waals surface area contributed by atoms with Gasteiger partial charge < -0.3 is 10.2 Å². The molecule has 2 aliphatic heterocycles. The SMILES string of the molecule is CCC[C@]1(C(=O)O)CCN(Cc2ccc(CN3CCCCC3)s2)C[C@@H]1O. The molecular formula is C20H32N2O3S. The molecule has 146 valence electrons. The molecule has 0 amide bonds. The van der Waals surface area contributed by atoms with Crippen LogP contribution < -0.4 is 0 Å². The Labute approximate surface area is 160 Å². The molecule has 0 spiro atoms. The number of likely N-dealkylation sites (tertiary alicyclic amines) is 2. The molecule has 2 atom stereocenters. The molecular weight excluding hydrogens is 348 g/mol. The van der Waals surface area contributed by atoms with Crippen LogP contribution in [0.15, 0.2) is 12.1 Å². The highest BCUT2D eigenvalue weighted by atomic mass is 32.1. The van der Waals surface area contributed by atoms with E-state index in [-0.39, 0.29) is 0 Å². The van der Waals surface area contributed by atoms with E-state index < -0.39 is 17.5 Å². The van der Waals surface area contributed by atoms with E-state index in [2.05, 4.69) is 21.9 Å². The number of β-amino-alcohol motifs (C(OH)–C–C–N with tert-alkyl or cyclic N) is 1. The van der Waals surface area contributed by atoms with Crippen LogP contribution in [0.25, 0.3) is 0 Å². The van der Waals surface area contributed by atoms with Gasteiger partial charge in [-0.2, -0.15) is 0 Å². The summed E-state index contributed by atoms with van der Waals surface area (Å²) in [7, 11) is 0. The summed E-state index contributed by atoms with van der Waals surface area (Å²) < 4.78 is 0. The molecule has 0 aromatic carbocycles. The Bertz CT molecular complexity index is 600. The summed E-state index contributed by atoms with van der Waals surface area (Å²) in [6.07, 6.45) is 5.06. The molecule has 1 aromatic rings. The topological polar surface area (TPSA) is 64.0 Å². The minimum Gasteiger partial charge on any atom is -0.481 e. The van der Waals surface area contributed by atoms with E-state index in [0.717, 1.165) is 26.1 Å². The van der Waals surface area contributed by atoms with E-state index in [4.69, 9.17) is 0 Å². The van der Waals surface area contributed by atoms with Crippen LogP contribution in [0.3, 0.4) is 0 Å². The van der Waals surface area contributed by atoms with Gasteiger partial charge in [0.05, 0.1) is 11.5 Å². The monoisotopic (exact) mass is 380 g/mol. The van der Waals surface area contributed by atoms with Crippen LogP contribution in [-0.2, 0) is 17.9 Å². The maximum absolute atomic E-state index is 11.8. The summed E-state index contributed by atoms with van der Waals surface area (Å²) in [6.45, 7) is 7.45. The molecule has 0 aliphatic carbocycles. The maximum atomic E-state index is 11.8. The second-order valence-corrected chi connectivity index (χ2v) is 9.17. The predicted molar refractivity (Wildman–Crippen MR) is 104 cm³/mol. The van der Waals surface area contributed by atoms with Crippen LogP contribution in [0.5, 0.6) is 0 Å². The van der Waals surface area contributed by atoms with E-state index >= 15 is 0 Å². The number of hydrogen-bond acceptors (Lipinski definition) is 5. The van der Waals surface area contributed by atoms with Gasteiger partial charge >= 0.3 is 5.97 Å². The number of carboxylic acids is 1. The fourth-order valence-corrected chi connectivity index (χ4v) is 5.53. The van der Waals surface area contributed by atoms with Gasteiger partial charge in [-0.25, -0.2) is 0 Å². The van der Waals surface area contributed by atoms with Gasteiger partial charge in [0.25, 0.3) is 0 Å². The molecule has 0 unspecified atom stereocenters. The first-order chi connectivity index (χ1) is 12.5. The van der Waals surface area contributed by atoms with Crippen molar-refractivity contribution in [1.82, 2.24) is 9.80 Å². The third kappa shape index (κ3) is 4.47. The van der Waals surface area contributed by atoms with E-state index in [1.165, 1.54) is 42.1 Å². The zero-order valence-electron chi connectivity index (χ0n) is 15.8. The lowest BCUT2D eigenvalue weighted by Gasteiger charge is -2.42. The largest absolute Gasteiger partial charge is 0.481 e. The first-order valence-corrected chi connectivity index (χ1v) is 10.8. The van der Waals surface area contributed by atoms with Gasteiger partial charge in [-0.3, -0.25) is 14.6 Å². The smallest absolute Gasteiger partial charge is 0.312 e. The molecule has 0 radical (unpaired) electrons. The number of nitrogens with zero attached hydrogens (tertiary/aromatic N) is 2. The number of thiophene rings is 1. The Kier molecular flexibility index (Phi) is 6.72. The molecule has 1 aromatic heterocycles. The zero-order chi connectivity index (χ0) is 18.6. The van der Waals surface area contributed by atoms with Gasteiger partial charge in [-0.15, -0.1) is 11.3 Å². The third-order valence-electron chi connectivity index (χ3n) is 5.99. The highest BCUT2D eigenvalue weighted by molar-refractivity contribution is 7.11. The van der Waals surface area contributed by atoms with Crippen molar-refractivity contribution in [3.63, 3.8) is 0 Å². The molecule has 0 bridgehead atoms. The van der Waals surface area contributed by atoms with Gasteiger partial charge in [-0.05, 0) is 57.5 Å². The second-order valence-electron chi connectivity index (χ2n) is 7.92. The number of rotatable bonds is 7. The number of carbonyl (C=O) groups is 1. The van der Waals surface area contributed by atoms with Crippen molar-refractivity contribution in [2.45, 2.75) is 64.6 Å². The van der Waals surface area contributed by atoms with Gasteiger partial charge in [0.2, 0.25) is 0 Å². The number of hydrogen-bond donors (Lipinski definition) is 2. The van der Waals surface area contributed by atoms with E-state index in [0.29, 0.717) is 19.4 Å². The Morgan fingerprint density at radius 3 is 2.38 bits per heavy atom. The summed E-state index contributed by atoms with van der Waals surface area (Å²) in [5, 5.41) is 20.2. The third-order valence-corrected chi connectivity index (χ3v) is 7.04. The fraction of sp³-hybridized carbons (Fsp3) is 0.750. The lowest BCUT2D eigenvalue weighted by atomic mass is 9.73. The van der Waals surface area contributed by atoms with Crippen LogP contribution in [0.4, 0.5) is 0 Å². The van der Waals surface area contributed by atoms with Crippen molar-refractivity contribution in [3.05, 3.63) is 21.9 Å². The Morgan fingerprint density at radius 1 is 1.15 bits per heavy atom. The molecule has 2 aliphatic rings. The van der Waals surface area contributed by atoms with E-state index in [9.17, 15) is 15.0 Å². The fourth-order valence-electron chi connectivity index (χ4n) is 4.42. The van der Waals surface area contributed by atoms with Crippen molar-refractivity contribution >= 4 is 17.3 Å². The number of aliphatic hydroxyl groups excluding tert-OH is 1. The minimum absolute atomic E-state index is 0.450. The number of carboxylic acid groups (broad SMARTS) is 1. The van der Waals surface area contributed by atoms with Crippen molar-refractivity contribution in [2.75, 3.05) is 26.2 Å². The van der Waals surface area contributed by atoms with Crippen molar-refractivity contribution in [2.24, 2.45) is 5.41 Å². The van der Waals surface area contributed by atoms with Crippen LogP contribution in [-0.4, -0.2) is 58.3 Å². The molecule has 26 heavy (non-hydrogen) atoms. The summed E-state index contributed by atoms with van der Waals surface area (Å²) in [4.78, 5) is 19.2. The molecule has 2 N–H and O–H groups in total. The molecule has 6 heteroatoms. The van der Waals surface area contributed by atoms with Crippen LogP contribution in [0.1, 0.15) is 55.2 Å². The first kappa shape index (κ1) is 19.8. The Hall–Kier alpha value is -0.950.